The molecule has 7 nitrogen and oxygen atoms in total. The van der Waals surface area contributed by atoms with Crippen molar-refractivity contribution >= 4 is 17.1 Å². The number of nitrogens with one attached hydrogen (secondary N) is 1. The second-order valence-corrected chi connectivity index (χ2v) is 6.74. The molecule has 0 aliphatic carbocycles. The van der Waals surface area contributed by atoms with Crippen molar-refractivity contribution in [1.82, 2.24) is 25.3 Å². The molecule has 146 valence electrons. The number of aromatic nitrogens is 4. The van der Waals surface area contributed by atoms with E-state index >= 15 is 0 Å². The number of alkyl halides is 3. The number of rotatable bonds is 2. The lowest BCUT2D eigenvalue weighted by Crippen LogP contribution is -2.36. The van der Waals surface area contributed by atoms with E-state index in [1.165, 1.54) is 11.7 Å². The first-order valence-electron chi connectivity index (χ1n) is 8.64. The van der Waals surface area contributed by atoms with Crippen LogP contribution in [0.2, 0.25) is 0 Å². The van der Waals surface area contributed by atoms with Crippen molar-refractivity contribution in [3.8, 4) is 17.0 Å². The average molecular weight is 391 g/mol. The van der Waals surface area contributed by atoms with E-state index < -0.39 is 17.5 Å². The van der Waals surface area contributed by atoms with Crippen molar-refractivity contribution in [3.05, 3.63) is 35.4 Å². The number of phenols is 1. The van der Waals surface area contributed by atoms with Crippen LogP contribution in [0.5, 0.6) is 5.75 Å². The monoisotopic (exact) mass is 391 g/mol. The van der Waals surface area contributed by atoms with E-state index in [0.29, 0.717) is 42.3 Å². The summed E-state index contributed by atoms with van der Waals surface area (Å²) in [6.07, 6.45) is -3.55. The first kappa shape index (κ1) is 18.2. The summed E-state index contributed by atoms with van der Waals surface area (Å²) >= 11 is 0. The normalized spacial score (nSPS) is 17.7. The number of phenolic OH excluding ortho intramolecular Hbond substituents is 1. The van der Waals surface area contributed by atoms with Crippen LogP contribution < -0.4 is 5.32 Å². The highest BCUT2D eigenvalue weighted by molar-refractivity contribution is 5.78. The maximum absolute atomic E-state index is 12.9. The molecule has 0 saturated carbocycles. The van der Waals surface area contributed by atoms with Crippen LogP contribution in [0.15, 0.2) is 24.3 Å². The molecule has 0 radical (unpaired) electrons. The van der Waals surface area contributed by atoms with Crippen molar-refractivity contribution in [1.29, 1.82) is 0 Å². The lowest BCUT2D eigenvalue weighted by molar-refractivity contribution is -0.137. The molecule has 0 bridgehead atoms. The fourth-order valence-corrected chi connectivity index (χ4v) is 3.31. The zero-order valence-corrected chi connectivity index (χ0v) is 14.8. The van der Waals surface area contributed by atoms with Gasteiger partial charge in [-0.2, -0.15) is 23.1 Å². The number of piperidine rings is 1. The third-order valence-corrected chi connectivity index (χ3v) is 4.73. The van der Waals surface area contributed by atoms with Gasteiger partial charge in [-0.15, -0.1) is 5.10 Å². The Kier molecular flexibility index (Phi) is 4.20. The van der Waals surface area contributed by atoms with E-state index in [-0.39, 0.29) is 23.1 Å². The van der Waals surface area contributed by atoms with Crippen LogP contribution in [-0.2, 0) is 11.0 Å². The van der Waals surface area contributed by atoms with Gasteiger partial charge in [-0.3, -0.25) is 4.79 Å². The molecule has 1 aliphatic heterocycles. The number of nitrogens with zero attached hydrogens (tertiary/aromatic N) is 4. The number of aromatic hydroxyl groups is 1. The summed E-state index contributed by atoms with van der Waals surface area (Å²) in [5.74, 6) is -0.511. The van der Waals surface area contributed by atoms with Crippen molar-refractivity contribution in [2.24, 2.45) is 0 Å². The van der Waals surface area contributed by atoms with Crippen molar-refractivity contribution in [3.63, 3.8) is 0 Å². The molecular formula is C18H16F3N5O2. The summed E-state index contributed by atoms with van der Waals surface area (Å²) in [6.45, 7) is 1.91. The Balaban J connectivity index is 1.71. The molecule has 2 N–H and O–H groups in total. The third-order valence-electron chi connectivity index (χ3n) is 4.73. The molecule has 28 heavy (non-hydrogen) atoms. The molecule has 3 heterocycles. The number of hydrogen-bond donors (Lipinski definition) is 2. The van der Waals surface area contributed by atoms with E-state index in [4.69, 9.17) is 0 Å². The Labute approximate surface area is 157 Å². The van der Waals surface area contributed by atoms with Crippen LogP contribution in [0.25, 0.3) is 22.4 Å². The van der Waals surface area contributed by atoms with Gasteiger partial charge in [0, 0.05) is 18.5 Å². The minimum Gasteiger partial charge on any atom is -0.507 e. The fourth-order valence-electron chi connectivity index (χ4n) is 3.31. The fraction of sp³-hybridized carbons (Fsp3) is 0.333. The second kappa shape index (κ2) is 6.47. The van der Waals surface area contributed by atoms with Gasteiger partial charge in [0.2, 0.25) is 11.6 Å². The zero-order chi connectivity index (χ0) is 20.1. The molecule has 1 aromatic carbocycles. The molecule has 1 aliphatic rings. The number of pyridine rings is 1. The molecule has 1 saturated heterocycles. The van der Waals surface area contributed by atoms with Gasteiger partial charge in [-0.1, -0.05) is 0 Å². The quantitative estimate of drug-likeness (QED) is 0.701. The SMILES string of the molecule is Cc1cc(C(F)(F)F)cc(O)c1-c1ccc2nn([C@@H]3CCC(=O)NC3)nc2n1. The molecule has 1 amide bonds. The van der Waals surface area contributed by atoms with Gasteiger partial charge in [0.1, 0.15) is 11.3 Å². The summed E-state index contributed by atoms with van der Waals surface area (Å²) in [7, 11) is 0. The average Bonchev–Trinajstić information content (AvgIpc) is 3.04. The molecule has 4 rings (SSSR count). The number of halogens is 3. The number of amides is 1. The van der Waals surface area contributed by atoms with Gasteiger partial charge < -0.3 is 10.4 Å². The number of aryl methyl sites for hydroxylation is 1. The first-order chi connectivity index (χ1) is 13.2. The maximum Gasteiger partial charge on any atom is 0.416 e. The van der Waals surface area contributed by atoms with Crippen molar-refractivity contribution in [2.45, 2.75) is 32.0 Å². The summed E-state index contributed by atoms with van der Waals surface area (Å²) < 4.78 is 38.8. The largest absolute Gasteiger partial charge is 0.507 e. The molecule has 1 atom stereocenters. The topological polar surface area (TPSA) is 92.9 Å². The summed E-state index contributed by atoms with van der Waals surface area (Å²) in [5.41, 5.74) is 0.687. The highest BCUT2D eigenvalue weighted by Crippen LogP contribution is 2.38. The van der Waals surface area contributed by atoms with E-state index in [1.54, 1.807) is 12.1 Å². The van der Waals surface area contributed by atoms with Crippen LogP contribution >= 0.6 is 0 Å². The molecule has 3 aromatic rings. The van der Waals surface area contributed by atoms with Crippen molar-refractivity contribution < 1.29 is 23.1 Å². The van der Waals surface area contributed by atoms with Gasteiger partial charge in [-0.05, 0) is 43.2 Å². The highest BCUT2D eigenvalue weighted by Gasteiger charge is 2.32. The van der Waals surface area contributed by atoms with Gasteiger partial charge >= 0.3 is 6.18 Å². The van der Waals surface area contributed by atoms with Gasteiger partial charge in [-0.25, -0.2) is 4.98 Å². The molecule has 10 heteroatoms. The first-order valence-corrected chi connectivity index (χ1v) is 8.64. The van der Waals surface area contributed by atoms with Crippen LogP contribution in [0.3, 0.4) is 0 Å². The van der Waals surface area contributed by atoms with Crippen molar-refractivity contribution in [2.75, 3.05) is 6.54 Å². The third kappa shape index (κ3) is 3.25. The van der Waals surface area contributed by atoms with E-state index in [2.05, 4.69) is 20.5 Å². The zero-order valence-electron chi connectivity index (χ0n) is 14.8. The molecule has 2 aromatic heterocycles. The predicted molar refractivity (Wildman–Crippen MR) is 93.4 cm³/mol. The van der Waals surface area contributed by atoms with Crippen LogP contribution in [0.4, 0.5) is 13.2 Å². The Morgan fingerprint density at radius 3 is 2.68 bits per heavy atom. The molecule has 1 fully saturated rings. The number of hydrogen-bond acceptors (Lipinski definition) is 5. The van der Waals surface area contributed by atoms with Gasteiger partial charge in [0.25, 0.3) is 0 Å². The Bertz CT molecular complexity index is 1040. The standard InChI is InChI=1S/C18H16F3N5O2/c1-9-6-10(18(19,20)21)7-14(27)16(9)12-3-4-13-17(23-12)25-26(24-13)11-2-5-15(28)22-8-11/h3-4,6-7,11,27H,2,5,8H2,1H3,(H,22,28)/t11-/m1/s1. The maximum atomic E-state index is 12.9. The molecule has 0 spiro atoms. The lowest BCUT2D eigenvalue weighted by Gasteiger charge is -2.21. The summed E-state index contributed by atoms with van der Waals surface area (Å²) in [4.78, 5) is 17.2. The molecular weight excluding hydrogens is 375 g/mol. The minimum atomic E-state index is -4.55. The van der Waals surface area contributed by atoms with Crippen LogP contribution in [0.1, 0.15) is 30.0 Å². The summed E-state index contributed by atoms with van der Waals surface area (Å²) in [5, 5.41) is 21.6. The smallest absolute Gasteiger partial charge is 0.416 e. The van der Waals surface area contributed by atoms with Crippen LogP contribution in [0, 0.1) is 6.92 Å². The van der Waals surface area contributed by atoms with Gasteiger partial charge in [0.15, 0.2) is 0 Å². The Hall–Kier alpha value is -3.17. The summed E-state index contributed by atoms with van der Waals surface area (Å²) in [6, 6.07) is 4.81. The van der Waals surface area contributed by atoms with E-state index in [0.717, 1.165) is 6.07 Å². The lowest BCUT2D eigenvalue weighted by atomic mass is 10.0. The Morgan fingerprint density at radius 1 is 1.25 bits per heavy atom. The number of fused-ring (bicyclic) bond motifs is 1. The number of benzene rings is 1. The Morgan fingerprint density at radius 2 is 2.04 bits per heavy atom. The number of carbonyl (C=O) groups excluding carboxylic acids is 1. The highest BCUT2D eigenvalue weighted by atomic mass is 19.4. The van der Waals surface area contributed by atoms with E-state index in [9.17, 15) is 23.1 Å². The molecule has 0 unspecified atom stereocenters. The van der Waals surface area contributed by atoms with E-state index in [1.807, 2.05) is 0 Å². The number of carbonyl (C=O) groups is 1. The minimum absolute atomic E-state index is 0.0124. The van der Waals surface area contributed by atoms with Gasteiger partial charge in [0.05, 0.1) is 17.3 Å². The predicted octanol–water partition coefficient (Wildman–Crippen LogP) is 2.98. The second-order valence-electron chi connectivity index (χ2n) is 6.74. The van der Waals surface area contributed by atoms with Crippen LogP contribution in [-0.4, -0.2) is 37.5 Å².